The fraction of sp³-hybridized carbons (Fsp3) is 0.385. The summed E-state index contributed by atoms with van der Waals surface area (Å²) in [6, 6.07) is 3.21. The molecule has 0 aromatic carbocycles. The van der Waals surface area contributed by atoms with E-state index < -0.39 is 12.0 Å². The number of urea groups is 1. The van der Waals surface area contributed by atoms with Crippen molar-refractivity contribution >= 4 is 23.3 Å². The molecule has 0 bridgehead atoms. The molecule has 0 radical (unpaired) electrons. The Morgan fingerprint density at radius 2 is 2.21 bits per heavy atom. The van der Waals surface area contributed by atoms with Gasteiger partial charge in [0.2, 0.25) is 0 Å². The molecule has 1 aliphatic heterocycles. The number of amides is 2. The van der Waals surface area contributed by atoms with E-state index in [-0.39, 0.29) is 6.03 Å². The topological polar surface area (TPSA) is 67.4 Å². The van der Waals surface area contributed by atoms with Crippen LogP contribution in [0.4, 0.5) is 4.79 Å². The minimum atomic E-state index is -0.438. The maximum atomic E-state index is 11.9. The van der Waals surface area contributed by atoms with Crippen LogP contribution in [0.15, 0.2) is 23.4 Å². The summed E-state index contributed by atoms with van der Waals surface area (Å²) in [5, 5.41) is 5.37. The molecule has 0 spiro atoms. The highest BCUT2D eigenvalue weighted by Crippen LogP contribution is 2.32. The minimum absolute atomic E-state index is 0.304. The quantitative estimate of drug-likeness (QED) is 0.833. The summed E-state index contributed by atoms with van der Waals surface area (Å²) in [5.74, 6) is -0.429. The van der Waals surface area contributed by atoms with Gasteiger partial charge in [-0.15, -0.1) is 11.3 Å². The van der Waals surface area contributed by atoms with Crippen molar-refractivity contribution in [3.63, 3.8) is 0 Å². The number of hydrogen-bond acceptors (Lipinski definition) is 4. The SMILES string of the molecule is CCc1ccc(C2NC(=O)NC(C)=C2C(=O)OC)s1. The summed E-state index contributed by atoms with van der Waals surface area (Å²) >= 11 is 1.59. The second kappa shape index (κ2) is 5.44. The first kappa shape index (κ1) is 13.6. The second-order valence-corrected chi connectivity index (χ2v) is 5.42. The third-order valence-corrected chi connectivity index (χ3v) is 4.28. The Labute approximate surface area is 115 Å². The molecule has 102 valence electrons. The van der Waals surface area contributed by atoms with Crippen molar-refractivity contribution in [1.82, 2.24) is 10.6 Å². The lowest BCUT2D eigenvalue weighted by Gasteiger charge is -2.26. The lowest BCUT2D eigenvalue weighted by atomic mass is 10.0. The van der Waals surface area contributed by atoms with Gasteiger partial charge >= 0.3 is 12.0 Å². The summed E-state index contributed by atoms with van der Waals surface area (Å²) < 4.78 is 4.80. The summed E-state index contributed by atoms with van der Waals surface area (Å²) in [6.45, 7) is 3.77. The number of ether oxygens (including phenoxy) is 1. The van der Waals surface area contributed by atoms with Crippen LogP contribution >= 0.6 is 11.3 Å². The van der Waals surface area contributed by atoms with Gasteiger partial charge in [-0.25, -0.2) is 9.59 Å². The number of rotatable bonds is 3. The number of nitrogens with one attached hydrogen (secondary N) is 2. The van der Waals surface area contributed by atoms with Gasteiger partial charge in [-0.05, 0) is 25.5 Å². The van der Waals surface area contributed by atoms with Crippen molar-refractivity contribution in [3.05, 3.63) is 33.2 Å². The van der Waals surface area contributed by atoms with E-state index in [1.807, 2.05) is 12.1 Å². The number of thiophene rings is 1. The van der Waals surface area contributed by atoms with Crippen LogP contribution in [0, 0.1) is 0 Å². The Morgan fingerprint density at radius 3 is 2.79 bits per heavy atom. The summed E-state index contributed by atoms with van der Waals surface area (Å²) in [5.41, 5.74) is 0.985. The zero-order valence-corrected chi connectivity index (χ0v) is 11.9. The number of aryl methyl sites for hydroxylation is 1. The molecule has 2 heterocycles. The Morgan fingerprint density at radius 1 is 1.47 bits per heavy atom. The number of carbonyl (C=O) groups excluding carboxylic acids is 2. The van der Waals surface area contributed by atoms with Crippen LogP contribution in [0.5, 0.6) is 0 Å². The number of methoxy groups -OCH3 is 1. The second-order valence-electron chi connectivity index (χ2n) is 4.22. The van der Waals surface area contributed by atoms with E-state index in [4.69, 9.17) is 4.74 Å². The van der Waals surface area contributed by atoms with Gasteiger partial charge < -0.3 is 15.4 Å². The van der Waals surface area contributed by atoms with E-state index in [0.717, 1.165) is 11.3 Å². The molecule has 0 saturated heterocycles. The first-order valence-electron chi connectivity index (χ1n) is 6.02. The molecule has 0 aliphatic carbocycles. The molecule has 2 rings (SSSR count). The lowest BCUT2D eigenvalue weighted by molar-refractivity contribution is -0.136. The summed E-state index contributed by atoms with van der Waals surface area (Å²) in [4.78, 5) is 25.6. The van der Waals surface area contributed by atoms with Crippen LogP contribution in [-0.2, 0) is 16.0 Å². The number of allylic oxidation sites excluding steroid dienone is 1. The third kappa shape index (κ3) is 2.63. The van der Waals surface area contributed by atoms with Gasteiger partial charge in [0.25, 0.3) is 0 Å². The molecule has 1 atom stereocenters. The van der Waals surface area contributed by atoms with Crippen molar-refractivity contribution in [2.45, 2.75) is 26.3 Å². The Balaban J connectivity index is 2.42. The van der Waals surface area contributed by atoms with Crippen LogP contribution < -0.4 is 10.6 Å². The van der Waals surface area contributed by atoms with E-state index in [2.05, 4.69) is 17.6 Å². The van der Waals surface area contributed by atoms with Crippen LogP contribution in [0.3, 0.4) is 0 Å². The summed E-state index contributed by atoms with van der Waals surface area (Å²) in [7, 11) is 1.34. The van der Waals surface area contributed by atoms with E-state index in [9.17, 15) is 9.59 Å². The van der Waals surface area contributed by atoms with Crippen molar-refractivity contribution in [1.29, 1.82) is 0 Å². The van der Waals surface area contributed by atoms with E-state index in [1.165, 1.54) is 12.0 Å². The standard InChI is InChI=1S/C13H16N2O3S/c1-4-8-5-6-9(19-8)11-10(12(16)18-3)7(2)14-13(17)15-11/h5-6,11H,4H2,1-3H3,(H2,14,15,17). The van der Waals surface area contributed by atoms with Crippen molar-refractivity contribution in [2.75, 3.05) is 7.11 Å². The van der Waals surface area contributed by atoms with Crippen molar-refractivity contribution in [3.8, 4) is 0 Å². The van der Waals surface area contributed by atoms with Crippen LogP contribution in [-0.4, -0.2) is 19.1 Å². The van der Waals surface area contributed by atoms with Gasteiger partial charge in [-0.1, -0.05) is 6.92 Å². The van der Waals surface area contributed by atoms with E-state index >= 15 is 0 Å². The first-order chi connectivity index (χ1) is 9.06. The highest BCUT2D eigenvalue weighted by atomic mass is 32.1. The zero-order chi connectivity index (χ0) is 14.0. The van der Waals surface area contributed by atoms with Crippen molar-refractivity contribution in [2.24, 2.45) is 0 Å². The average molecular weight is 280 g/mol. The third-order valence-electron chi connectivity index (χ3n) is 2.99. The number of carbonyl (C=O) groups is 2. The van der Waals surface area contributed by atoms with Gasteiger partial charge in [0.1, 0.15) is 0 Å². The number of esters is 1. The Hall–Kier alpha value is -1.82. The molecular formula is C13H16N2O3S. The fourth-order valence-electron chi connectivity index (χ4n) is 2.03. The lowest BCUT2D eigenvalue weighted by Crippen LogP contribution is -2.45. The summed E-state index contributed by atoms with van der Waals surface area (Å²) in [6.07, 6.45) is 0.930. The average Bonchev–Trinajstić information content (AvgIpc) is 2.85. The molecule has 19 heavy (non-hydrogen) atoms. The first-order valence-corrected chi connectivity index (χ1v) is 6.83. The monoisotopic (exact) mass is 280 g/mol. The normalized spacial score (nSPS) is 18.9. The van der Waals surface area contributed by atoms with Crippen LogP contribution in [0.25, 0.3) is 0 Å². The van der Waals surface area contributed by atoms with E-state index in [0.29, 0.717) is 11.3 Å². The maximum absolute atomic E-state index is 11.9. The molecule has 2 N–H and O–H groups in total. The van der Waals surface area contributed by atoms with Gasteiger partial charge in [-0.2, -0.15) is 0 Å². The molecule has 1 unspecified atom stereocenters. The predicted octanol–water partition coefficient (Wildman–Crippen LogP) is 2.11. The molecule has 5 nitrogen and oxygen atoms in total. The van der Waals surface area contributed by atoms with Gasteiger partial charge in [0.05, 0.1) is 18.7 Å². The minimum Gasteiger partial charge on any atom is -0.466 e. The molecule has 0 saturated carbocycles. The number of hydrogen-bond donors (Lipinski definition) is 2. The molecule has 1 aromatic heterocycles. The highest BCUT2D eigenvalue weighted by Gasteiger charge is 2.32. The maximum Gasteiger partial charge on any atom is 0.338 e. The van der Waals surface area contributed by atoms with Crippen LogP contribution in [0.2, 0.25) is 0 Å². The van der Waals surface area contributed by atoms with E-state index in [1.54, 1.807) is 18.3 Å². The van der Waals surface area contributed by atoms with Crippen LogP contribution in [0.1, 0.15) is 29.6 Å². The highest BCUT2D eigenvalue weighted by molar-refractivity contribution is 7.12. The largest absolute Gasteiger partial charge is 0.466 e. The molecule has 1 aromatic rings. The van der Waals surface area contributed by atoms with Crippen molar-refractivity contribution < 1.29 is 14.3 Å². The molecule has 0 fully saturated rings. The molecular weight excluding hydrogens is 264 g/mol. The zero-order valence-electron chi connectivity index (χ0n) is 11.1. The van der Waals surface area contributed by atoms with Gasteiger partial charge in [0.15, 0.2) is 0 Å². The molecule has 1 aliphatic rings. The smallest absolute Gasteiger partial charge is 0.338 e. The van der Waals surface area contributed by atoms with Gasteiger partial charge in [-0.3, -0.25) is 0 Å². The van der Waals surface area contributed by atoms with Gasteiger partial charge in [0, 0.05) is 15.5 Å². The Kier molecular flexibility index (Phi) is 3.90. The molecule has 6 heteroatoms. The Bertz CT molecular complexity index is 548. The molecule has 2 amide bonds. The fourth-order valence-corrected chi connectivity index (χ4v) is 3.04. The predicted molar refractivity (Wildman–Crippen MR) is 72.8 cm³/mol.